The van der Waals surface area contributed by atoms with E-state index in [1.54, 1.807) is 0 Å². The SMILES string of the molecule is CCCN(c1ccc(C(c2ccc(N(CCC)c3c(C(C)C)cccc3C(C)C)cc2)c2ccc(Nc3c(C(C)C)cccc3C(C)C)c3ccccc23)cc1)c1c(C(C)C)cccc1C(C)C. The smallest absolute Gasteiger partial charge is 0.0481 e. The lowest BCUT2D eigenvalue weighted by atomic mass is 9.82. The molecule has 0 saturated carbocycles. The zero-order valence-corrected chi connectivity index (χ0v) is 44.0. The summed E-state index contributed by atoms with van der Waals surface area (Å²) in [4.78, 5) is 5.19. The van der Waals surface area contributed by atoms with Crippen LogP contribution in [0.4, 0.5) is 34.1 Å². The van der Waals surface area contributed by atoms with Crippen molar-refractivity contribution in [1.82, 2.24) is 0 Å². The van der Waals surface area contributed by atoms with Gasteiger partial charge in [-0.3, -0.25) is 0 Å². The number of para-hydroxylation sites is 3. The van der Waals surface area contributed by atoms with E-state index in [4.69, 9.17) is 0 Å². The number of rotatable bonds is 19. The molecule has 0 fully saturated rings. The van der Waals surface area contributed by atoms with E-state index in [0.29, 0.717) is 35.5 Å². The summed E-state index contributed by atoms with van der Waals surface area (Å²) < 4.78 is 0. The van der Waals surface area contributed by atoms with E-state index in [1.807, 2.05) is 0 Å². The zero-order valence-electron chi connectivity index (χ0n) is 44.0. The number of fused-ring (bicyclic) bond motifs is 1. The van der Waals surface area contributed by atoms with Gasteiger partial charge in [-0.05, 0) is 134 Å². The van der Waals surface area contributed by atoms with Crippen LogP contribution in [0.15, 0.2) is 140 Å². The van der Waals surface area contributed by atoms with E-state index in [1.165, 1.54) is 89.3 Å². The molecule has 0 amide bonds. The Morgan fingerprint density at radius 3 is 1.06 bits per heavy atom. The monoisotopic (exact) mass is 904 g/mol. The van der Waals surface area contributed by atoms with E-state index in [-0.39, 0.29) is 5.92 Å². The first-order valence-corrected chi connectivity index (χ1v) is 26.1. The third kappa shape index (κ3) is 10.4. The van der Waals surface area contributed by atoms with E-state index in [0.717, 1.165) is 31.6 Å². The van der Waals surface area contributed by atoms with Gasteiger partial charge in [-0.15, -0.1) is 0 Å². The van der Waals surface area contributed by atoms with Crippen molar-refractivity contribution in [1.29, 1.82) is 0 Å². The molecule has 0 atom stereocenters. The van der Waals surface area contributed by atoms with Gasteiger partial charge in [0.1, 0.15) is 0 Å². The van der Waals surface area contributed by atoms with Gasteiger partial charge in [-0.25, -0.2) is 0 Å². The number of nitrogens with zero attached hydrogens (tertiary/aromatic N) is 2. The van der Waals surface area contributed by atoms with Gasteiger partial charge in [0, 0.05) is 58.5 Å². The fourth-order valence-electron chi connectivity index (χ4n) is 10.6. The molecular weight excluding hydrogens is 823 g/mol. The lowest BCUT2D eigenvalue weighted by molar-refractivity contribution is 0.802. The van der Waals surface area contributed by atoms with Crippen molar-refractivity contribution < 1.29 is 0 Å². The summed E-state index contributed by atoms with van der Waals surface area (Å²) in [5.74, 6) is 2.45. The molecule has 3 nitrogen and oxygen atoms in total. The maximum atomic E-state index is 4.03. The molecule has 68 heavy (non-hydrogen) atoms. The topological polar surface area (TPSA) is 18.5 Å². The lowest BCUT2D eigenvalue weighted by Crippen LogP contribution is -2.22. The van der Waals surface area contributed by atoms with Gasteiger partial charge < -0.3 is 15.1 Å². The van der Waals surface area contributed by atoms with Gasteiger partial charge in [-0.2, -0.15) is 0 Å². The average molecular weight is 904 g/mol. The molecule has 7 aromatic carbocycles. The van der Waals surface area contributed by atoms with Crippen LogP contribution in [0.3, 0.4) is 0 Å². The van der Waals surface area contributed by atoms with Crippen molar-refractivity contribution in [2.24, 2.45) is 0 Å². The van der Waals surface area contributed by atoms with Crippen LogP contribution in [0.1, 0.15) is 201 Å². The molecule has 1 N–H and O–H groups in total. The Bertz CT molecular complexity index is 2560. The van der Waals surface area contributed by atoms with Crippen LogP contribution in [0.2, 0.25) is 0 Å². The van der Waals surface area contributed by atoms with E-state index in [2.05, 4.69) is 252 Å². The highest BCUT2D eigenvalue weighted by Gasteiger charge is 2.26. The molecule has 0 saturated heterocycles. The molecule has 7 rings (SSSR count). The highest BCUT2D eigenvalue weighted by molar-refractivity contribution is 5.99. The van der Waals surface area contributed by atoms with E-state index < -0.39 is 0 Å². The summed E-state index contributed by atoms with van der Waals surface area (Å²) in [5, 5.41) is 6.53. The number of hydrogen-bond acceptors (Lipinski definition) is 3. The van der Waals surface area contributed by atoms with Crippen LogP contribution in [0.25, 0.3) is 10.8 Å². The van der Waals surface area contributed by atoms with Crippen molar-refractivity contribution in [2.75, 3.05) is 28.2 Å². The average Bonchev–Trinajstić information content (AvgIpc) is 3.33. The predicted molar refractivity (Wildman–Crippen MR) is 300 cm³/mol. The molecule has 0 aliphatic carbocycles. The van der Waals surface area contributed by atoms with Gasteiger partial charge in [0.15, 0.2) is 0 Å². The standard InChI is InChI=1S/C65H81N3/c1-15-40-67(64-54(44(7)8)26-20-27-55(64)45(9)10)50-34-30-48(31-35-50)62(49-32-36-51(37-33-49)68(41-16-2)65-56(46(11)12)28-21-29-57(65)47(13)14)60-38-39-61(59-23-18-17-22-58(59)60)66-63-52(42(3)4)24-19-25-53(63)43(5)6/h17-39,42-47,62,66H,15-16,40-41H2,1-14H3. The van der Waals surface area contributed by atoms with Crippen molar-refractivity contribution in [3.8, 4) is 0 Å². The Hall–Kier alpha value is -5.80. The Balaban J connectivity index is 1.41. The highest BCUT2D eigenvalue weighted by Crippen LogP contribution is 2.45. The Morgan fingerprint density at radius 2 is 0.706 bits per heavy atom. The summed E-state index contributed by atoms with van der Waals surface area (Å²) in [6.07, 6.45) is 2.12. The minimum atomic E-state index is -0.00572. The van der Waals surface area contributed by atoms with Crippen molar-refractivity contribution >= 4 is 44.9 Å². The third-order valence-corrected chi connectivity index (χ3v) is 14.1. The molecule has 356 valence electrons. The second kappa shape index (κ2) is 22.1. The normalized spacial score (nSPS) is 12.0. The van der Waals surface area contributed by atoms with Crippen LogP contribution >= 0.6 is 0 Å². The molecule has 0 radical (unpaired) electrons. The van der Waals surface area contributed by atoms with Crippen LogP contribution in [0.5, 0.6) is 0 Å². The lowest BCUT2D eigenvalue weighted by Gasteiger charge is -2.32. The molecule has 0 aromatic heterocycles. The summed E-state index contributed by atoms with van der Waals surface area (Å²) in [6.45, 7) is 34.4. The molecule has 0 heterocycles. The predicted octanol–water partition coefficient (Wildman–Crippen LogP) is 19.6. The van der Waals surface area contributed by atoms with E-state index >= 15 is 0 Å². The molecule has 0 aliphatic rings. The number of hydrogen-bond donors (Lipinski definition) is 1. The minimum Gasteiger partial charge on any atom is -0.355 e. The summed E-state index contributed by atoms with van der Waals surface area (Å²) in [7, 11) is 0. The molecule has 7 aromatic rings. The molecule has 0 unspecified atom stereocenters. The second-order valence-electron chi connectivity index (χ2n) is 21.1. The van der Waals surface area contributed by atoms with Gasteiger partial charge in [0.25, 0.3) is 0 Å². The van der Waals surface area contributed by atoms with Crippen molar-refractivity contribution in [3.63, 3.8) is 0 Å². The number of benzene rings is 7. The van der Waals surface area contributed by atoms with Crippen LogP contribution in [0, 0.1) is 0 Å². The fraction of sp³-hybridized carbons (Fsp3) is 0.385. The minimum absolute atomic E-state index is 0.00572. The van der Waals surface area contributed by atoms with Crippen LogP contribution < -0.4 is 15.1 Å². The molecular formula is C65H81N3. The van der Waals surface area contributed by atoms with Crippen LogP contribution in [-0.2, 0) is 0 Å². The quantitative estimate of drug-likeness (QED) is 0.0816. The van der Waals surface area contributed by atoms with Crippen molar-refractivity contribution in [2.45, 2.75) is 151 Å². The molecule has 0 bridgehead atoms. The van der Waals surface area contributed by atoms with Gasteiger partial charge in [0.05, 0.1) is 0 Å². The first-order valence-electron chi connectivity index (χ1n) is 26.1. The van der Waals surface area contributed by atoms with Gasteiger partial charge >= 0.3 is 0 Å². The molecule has 0 aliphatic heterocycles. The maximum absolute atomic E-state index is 4.03. The van der Waals surface area contributed by atoms with E-state index in [9.17, 15) is 0 Å². The summed E-state index contributed by atoms with van der Waals surface area (Å²) in [6, 6.07) is 53.7. The van der Waals surface area contributed by atoms with Crippen LogP contribution in [-0.4, -0.2) is 13.1 Å². The fourth-order valence-corrected chi connectivity index (χ4v) is 10.6. The first-order chi connectivity index (χ1) is 32.7. The summed E-state index contributed by atoms with van der Waals surface area (Å²) in [5.41, 5.74) is 19.9. The summed E-state index contributed by atoms with van der Waals surface area (Å²) >= 11 is 0. The Morgan fingerprint density at radius 1 is 0.353 bits per heavy atom. The largest absolute Gasteiger partial charge is 0.355 e. The van der Waals surface area contributed by atoms with Gasteiger partial charge in [0.2, 0.25) is 0 Å². The third-order valence-electron chi connectivity index (χ3n) is 14.1. The van der Waals surface area contributed by atoms with Crippen molar-refractivity contribution in [3.05, 3.63) is 190 Å². The number of nitrogens with one attached hydrogen (secondary N) is 1. The zero-order chi connectivity index (χ0) is 48.8. The van der Waals surface area contributed by atoms with Gasteiger partial charge in [-0.1, -0.05) is 206 Å². The second-order valence-corrected chi connectivity index (χ2v) is 21.1. The molecule has 3 heteroatoms. The molecule has 0 spiro atoms. The maximum Gasteiger partial charge on any atom is 0.0481 e. The Labute approximate surface area is 412 Å². The highest BCUT2D eigenvalue weighted by atomic mass is 15.1. The first kappa shape index (κ1) is 50.1. The Kier molecular flexibility index (Phi) is 16.3. The number of anilines is 6.